The maximum Gasteiger partial charge on any atom is 0.275 e. The first-order chi connectivity index (χ1) is 12.6. The van der Waals surface area contributed by atoms with Crippen molar-refractivity contribution in [3.8, 4) is 17.2 Å². The fourth-order valence-electron chi connectivity index (χ4n) is 2.48. The van der Waals surface area contributed by atoms with E-state index in [0.29, 0.717) is 18.0 Å². The maximum absolute atomic E-state index is 12.4. The number of aromatic nitrogens is 3. The number of ether oxygens (including phenoxy) is 2. The number of carbonyl (C=O) groups is 1. The maximum atomic E-state index is 12.4. The van der Waals surface area contributed by atoms with E-state index >= 15 is 0 Å². The van der Waals surface area contributed by atoms with E-state index in [2.05, 4.69) is 15.6 Å². The van der Waals surface area contributed by atoms with E-state index in [1.165, 1.54) is 4.68 Å². The molecule has 0 atom stereocenters. The lowest BCUT2D eigenvalue weighted by Gasteiger charge is -2.09. The quantitative estimate of drug-likeness (QED) is 0.700. The van der Waals surface area contributed by atoms with E-state index in [-0.39, 0.29) is 11.5 Å². The molecule has 134 valence electrons. The summed E-state index contributed by atoms with van der Waals surface area (Å²) in [5, 5.41) is 10.7. The molecule has 0 fully saturated rings. The van der Waals surface area contributed by atoms with Gasteiger partial charge in [0.05, 0.1) is 14.2 Å². The average Bonchev–Trinajstić information content (AvgIpc) is 3.07. The second kappa shape index (κ2) is 7.56. The first-order valence-electron chi connectivity index (χ1n) is 7.89. The van der Waals surface area contributed by atoms with E-state index in [1.807, 2.05) is 36.4 Å². The van der Waals surface area contributed by atoms with Gasteiger partial charge in [0.1, 0.15) is 17.2 Å². The van der Waals surface area contributed by atoms with Crippen molar-refractivity contribution in [3.63, 3.8) is 0 Å². The molecule has 3 rings (SSSR count). The summed E-state index contributed by atoms with van der Waals surface area (Å²) in [4.78, 5) is 12.4. The molecule has 0 saturated heterocycles. The lowest BCUT2D eigenvalue weighted by Crippen LogP contribution is -2.24. The zero-order chi connectivity index (χ0) is 18.5. The van der Waals surface area contributed by atoms with Crippen LogP contribution in [-0.4, -0.2) is 35.1 Å². The first-order valence-corrected chi connectivity index (χ1v) is 7.89. The summed E-state index contributed by atoms with van der Waals surface area (Å²) in [6, 6.07) is 14.6. The number of methoxy groups -OCH3 is 2. The summed E-state index contributed by atoms with van der Waals surface area (Å²) < 4.78 is 11.8. The lowest BCUT2D eigenvalue weighted by molar-refractivity contribution is 0.0946. The normalized spacial score (nSPS) is 10.4. The van der Waals surface area contributed by atoms with E-state index < -0.39 is 5.91 Å². The second-order valence-electron chi connectivity index (χ2n) is 5.44. The lowest BCUT2D eigenvalue weighted by atomic mass is 10.2. The Kier molecular flexibility index (Phi) is 5.02. The van der Waals surface area contributed by atoms with Crippen LogP contribution in [0.15, 0.2) is 48.5 Å². The third-order valence-corrected chi connectivity index (χ3v) is 3.82. The van der Waals surface area contributed by atoms with Gasteiger partial charge >= 0.3 is 0 Å². The Morgan fingerprint density at radius 1 is 1.15 bits per heavy atom. The van der Waals surface area contributed by atoms with E-state index in [4.69, 9.17) is 15.2 Å². The van der Waals surface area contributed by atoms with Gasteiger partial charge in [-0.1, -0.05) is 29.5 Å². The van der Waals surface area contributed by atoms with Crippen molar-refractivity contribution in [1.82, 2.24) is 20.3 Å². The van der Waals surface area contributed by atoms with Gasteiger partial charge in [0.15, 0.2) is 11.5 Å². The van der Waals surface area contributed by atoms with Crippen molar-refractivity contribution in [2.45, 2.75) is 6.54 Å². The molecule has 26 heavy (non-hydrogen) atoms. The van der Waals surface area contributed by atoms with Crippen LogP contribution in [0.5, 0.6) is 11.5 Å². The Hall–Kier alpha value is -3.55. The minimum atomic E-state index is -0.411. The van der Waals surface area contributed by atoms with Crippen LogP contribution in [0.3, 0.4) is 0 Å². The summed E-state index contributed by atoms with van der Waals surface area (Å²) in [7, 11) is 3.14. The Labute approximate surface area is 150 Å². The zero-order valence-corrected chi connectivity index (χ0v) is 14.5. The van der Waals surface area contributed by atoms with Gasteiger partial charge in [-0.15, -0.1) is 5.10 Å². The van der Waals surface area contributed by atoms with Crippen molar-refractivity contribution in [3.05, 3.63) is 59.8 Å². The largest absolute Gasteiger partial charge is 0.497 e. The van der Waals surface area contributed by atoms with E-state index in [0.717, 1.165) is 11.3 Å². The van der Waals surface area contributed by atoms with Crippen molar-refractivity contribution in [2.75, 3.05) is 20.0 Å². The van der Waals surface area contributed by atoms with Gasteiger partial charge in [-0.2, -0.15) is 4.68 Å². The smallest absolute Gasteiger partial charge is 0.275 e. The molecular weight excluding hydrogens is 334 g/mol. The highest BCUT2D eigenvalue weighted by Crippen LogP contribution is 2.24. The van der Waals surface area contributed by atoms with Crippen LogP contribution in [-0.2, 0) is 6.54 Å². The van der Waals surface area contributed by atoms with Crippen molar-refractivity contribution < 1.29 is 14.3 Å². The number of nitrogen functional groups attached to an aromatic ring is 1. The van der Waals surface area contributed by atoms with Gasteiger partial charge in [0, 0.05) is 6.54 Å². The highest BCUT2D eigenvalue weighted by Gasteiger charge is 2.19. The minimum absolute atomic E-state index is 0.0544. The number of carbonyl (C=O) groups excluding carboxylic acids is 1. The Morgan fingerprint density at radius 3 is 2.73 bits per heavy atom. The monoisotopic (exact) mass is 353 g/mol. The summed E-state index contributed by atoms with van der Waals surface area (Å²) in [6.07, 6.45) is 0. The molecule has 0 aliphatic heterocycles. The number of hydrogen-bond donors (Lipinski definition) is 2. The molecule has 0 bridgehead atoms. The van der Waals surface area contributed by atoms with Gasteiger partial charge in [-0.3, -0.25) is 4.79 Å². The Morgan fingerprint density at radius 2 is 1.96 bits per heavy atom. The SMILES string of the molecule is COc1cccc(CNC(=O)c2nnn(-c3ccccc3OC)c2N)c1. The van der Waals surface area contributed by atoms with Crippen LogP contribution in [0, 0.1) is 0 Å². The standard InChI is InChI=1S/C18H19N5O3/c1-25-13-7-5-6-12(10-13)11-20-18(24)16-17(19)23(22-21-16)14-8-3-4-9-15(14)26-2/h3-10H,11,19H2,1-2H3,(H,20,24). The molecule has 3 N–H and O–H groups in total. The summed E-state index contributed by atoms with van der Waals surface area (Å²) in [5.41, 5.74) is 7.63. The molecule has 3 aromatic rings. The number of anilines is 1. The van der Waals surface area contributed by atoms with Gasteiger partial charge < -0.3 is 20.5 Å². The van der Waals surface area contributed by atoms with Gasteiger partial charge in [0.25, 0.3) is 5.91 Å². The van der Waals surface area contributed by atoms with Crippen LogP contribution in [0.1, 0.15) is 16.1 Å². The average molecular weight is 353 g/mol. The molecule has 0 radical (unpaired) electrons. The summed E-state index contributed by atoms with van der Waals surface area (Å²) >= 11 is 0. The number of rotatable bonds is 6. The van der Waals surface area contributed by atoms with Gasteiger partial charge in [-0.25, -0.2) is 0 Å². The van der Waals surface area contributed by atoms with E-state index in [9.17, 15) is 4.79 Å². The number of para-hydroxylation sites is 2. The summed E-state index contributed by atoms with van der Waals surface area (Å²) in [5.74, 6) is 1.02. The van der Waals surface area contributed by atoms with Crippen LogP contribution in [0.2, 0.25) is 0 Å². The van der Waals surface area contributed by atoms with Crippen molar-refractivity contribution >= 4 is 11.7 Å². The molecule has 1 heterocycles. The highest BCUT2D eigenvalue weighted by molar-refractivity contribution is 5.96. The summed E-state index contributed by atoms with van der Waals surface area (Å²) in [6.45, 7) is 0.316. The molecule has 8 heteroatoms. The van der Waals surface area contributed by atoms with Crippen LogP contribution in [0.4, 0.5) is 5.82 Å². The Bertz CT molecular complexity index is 923. The number of nitrogens with zero attached hydrogens (tertiary/aromatic N) is 3. The van der Waals surface area contributed by atoms with Crippen molar-refractivity contribution in [2.24, 2.45) is 0 Å². The van der Waals surface area contributed by atoms with Gasteiger partial charge in [0.2, 0.25) is 0 Å². The molecule has 0 aliphatic rings. The molecule has 0 saturated carbocycles. The van der Waals surface area contributed by atoms with Crippen LogP contribution >= 0.6 is 0 Å². The minimum Gasteiger partial charge on any atom is -0.497 e. The van der Waals surface area contributed by atoms with Crippen LogP contribution < -0.4 is 20.5 Å². The molecule has 2 aromatic carbocycles. The number of hydrogen-bond acceptors (Lipinski definition) is 6. The zero-order valence-electron chi connectivity index (χ0n) is 14.5. The number of amides is 1. The van der Waals surface area contributed by atoms with Crippen molar-refractivity contribution in [1.29, 1.82) is 0 Å². The Balaban J connectivity index is 1.77. The third-order valence-electron chi connectivity index (χ3n) is 3.82. The predicted molar refractivity (Wildman–Crippen MR) is 96.5 cm³/mol. The van der Waals surface area contributed by atoms with Crippen LogP contribution in [0.25, 0.3) is 5.69 Å². The fourth-order valence-corrected chi connectivity index (χ4v) is 2.48. The molecule has 1 amide bonds. The highest BCUT2D eigenvalue weighted by atomic mass is 16.5. The molecule has 0 aliphatic carbocycles. The third kappa shape index (κ3) is 3.44. The number of nitrogens with two attached hydrogens (primary N) is 1. The predicted octanol–water partition coefficient (Wildman–Crippen LogP) is 1.80. The molecule has 1 aromatic heterocycles. The van der Waals surface area contributed by atoms with E-state index in [1.54, 1.807) is 26.4 Å². The first kappa shape index (κ1) is 17.3. The topological polar surface area (TPSA) is 104 Å². The fraction of sp³-hybridized carbons (Fsp3) is 0.167. The molecule has 8 nitrogen and oxygen atoms in total. The number of benzene rings is 2. The second-order valence-corrected chi connectivity index (χ2v) is 5.44. The molecule has 0 spiro atoms. The molecule has 0 unspecified atom stereocenters. The number of nitrogens with one attached hydrogen (secondary N) is 1. The molecular formula is C18H19N5O3. The van der Waals surface area contributed by atoms with Gasteiger partial charge in [-0.05, 0) is 29.8 Å².